The molecule has 0 atom stereocenters. The summed E-state index contributed by atoms with van der Waals surface area (Å²) in [6.07, 6.45) is 1.58. The highest BCUT2D eigenvalue weighted by atomic mass is 32.1. The molecule has 2 aromatic rings. The number of nitrogens with zero attached hydrogens (tertiary/aromatic N) is 4. The first kappa shape index (κ1) is 18.3. The minimum Gasteiger partial charge on any atom is -0.467 e. The Morgan fingerprint density at radius 2 is 1.76 bits per heavy atom. The summed E-state index contributed by atoms with van der Waals surface area (Å²) in [4.78, 5) is 12.0. The topological polar surface area (TPSA) is 103 Å². The van der Waals surface area contributed by atoms with Crippen molar-refractivity contribution in [2.45, 2.75) is 6.92 Å². The summed E-state index contributed by atoms with van der Waals surface area (Å²) in [6.45, 7) is 2.65. The molecule has 25 heavy (non-hydrogen) atoms. The van der Waals surface area contributed by atoms with Crippen LogP contribution >= 0.6 is 12.2 Å². The van der Waals surface area contributed by atoms with Gasteiger partial charge in [0.1, 0.15) is 5.75 Å². The number of hydrogen-bond donors (Lipinski definition) is 2. The Labute approximate surface area is 150 Å². The lowest BCUT2D eigenvalue weighted by Gasteiger charge is -2.08. The van der Waals surface area contributed by atoms with Gasteiger partial charge in [-0.3, -0.25) is 5.43 Å². The first-order chi connectivity index (χ1) is 12.2. The van der Waals surface area contributed by atoms with Crippen LogP contribution in [0.25, 0.3) is 0 Å². The van der Waals surface area contributed by atoms with E-state index in [2.05, 4.69) is 30.8 Å². The van der Waals surface area contributed by atoms with E-state index >= 15 is 0 Å². The number of nitrogens with one attached hydrogen (secondary N) is 2. The maximum absolute atomic E-state index is 5.71. The van der Waals surface area contributed by atoms with Crippen molar-refractivity contribution in [1.29, 1.82) is 0 Å². The Hall–Kier alpha value is -3.01. The van der Waals surface area contributed by atoms with E-state index in [4.69, 9.17) is 26.4 Å². The van der Waals surface area contributed by atoms with Gasteiger partial charge in [0.2, 0.25) is 0 Å². The van der Waals surface area contributed by atoms with Crippen LogP contribution in [0.1, 0.15) is 12.5 Å². The number of benzene rings is 1. The minimum atomic E-state index is 0.0423. The van der Waals surface area contributed by atoms with E-state index in [-0.39, 0.29) is 18.0 Å². The number of rotatable bonds is 7. The second-order valence-corrected chi connectivity index (χ2v) is 4.87. The molecule has 0 aliphatic rings. The second-order valence-electron chi connectivity index (χ2n) is 4.46. The highest BCUT2D eigenvalue weighted by Crippen LogP contribution is 2.23. The van der Waals surface area contributed by atoms with Gasteiger partial charge in [-0.15, -0.1) is 15.0 Å². The molecule has 0 saturated carbocycles. The minimum absolute atomic E-state index is 0.0423. The molecule has 0 spiro atoms. The average Bonchev–Trinajstić information content (AvgIpc) is 2.63. The van der Waals surface area contributed by atoms with Crippen LogP contribution in [0.2, 0.25) is 0 Å². The smallest absolute Gasteiger partial charge is 0.331 e. The van der Waals surface area contributed by atoms with E-state index in [0.717, 1.165) is 0 Å². The highest BCUT2D eigenvalue weighted by Gasteiger charge is 2.11. The largest absolute Gasteiger partial charge is 0.467 e. The Kier molecular flexibility index (Phi) is 6.84. The van der Waals surface area contributed by atoms with Crippen LogP contribution in [-0.4, -0.2) is 47.0 Å². The van der Waals surface area contributed by atoms with Crippen LogP contribution in [-0.2, 0) is 0 Å². The lowest BCUT2D eigenvalue weighted by Crippen LogP contribution is -2.31. The summed E-state index contributed by atoms with van der Waals surface area (Å²) < 4.78 is 15.7. The molecule has 0 saturated heterocycles. The SMILES string of the molecule is CCNC(=S)N/N=C/c1ccccc1Oc1nc(OC)nc(OC)n1. The van der Waals surface area contributed by atoms with E-state index < -0.39 is 0 Å². The Balaban J connectivity index is 2.18. The van der Waals surface area contributed by atoms with E-state index in [1.54, 1.807) is 12.3 Å². The van der Waals surface area contributed by atoms with Gasteiger partial charge in [0.25, 0.3) is 0 Å². The summed E-state index contributed by atoms with van der Waals surface area (Å²) in [6, 6.07) is 7.47. The lowest BCUT2D eigenvalue weighted by molar-refractivity contribution is 0.320. The number of methoxy groups -OCH3 is 2. The Morgan fingerprint density at radius 3 is 2.40 bits per heavy atom. The van der Waals surface area contributed by atoms with Crippen LogP contribution in [0, 0.1) is 0 Å². The summed E-state index contributed by atoms with van der Waals surface area (Å²) in [5.41, 5.74) is 3.41. The van der Waals surface area contributed by atoms with Crippen LogP contribution in [0.5, 0.6) is 23.8 Å². The molecule has 1 heterocycles. The molecule has 9 nitrogen and oxygen atoms in total. The van der Waals surface area contributed by atoms with Gasteiger partial charge >= 0.3 is 18.0 Å². The number of thiocarbonyl (C=S) groups is 1. The van der Waals surface area contributed by atoms with E-state index in [9.17, 15) is 0 Å². The van der Waals surface area contributed by atoms with Crippen LogP contribution in [0.15, 0.2) is 29.4 Å². The predicted molar refractivity (Wildman–Crippen MR) is 96.5 cm³/mol. The quantitative estimate of drug-likeness (QED) is 0.431. The fourth-order valence-corrected chi connectivity index (χ4v) is 1.88. The molecule has 0 aliphatic heterocycles. The summed E-state index contributed by atoms with van der Waals surface area (Å²) in [5, 5.41) is 7.44. The zero-order chi connectivity index (χ0) is 18.1. The predicted octanol–water partition coefficient (Wildman–Crippen LogP) is 1.50. The van der Waals surface area contributed by atoms with Crippen molar-refractivity contribution in [2.75, 3.05) is 20.8 Å². The van der Waals surface area contributed by atoms with Crippen LogP contribution in [0.4, 0.5) is 0 Å². The van der Waals surface area contributed by atoms with E-state index in [0.29, 0.717) is 23.0 Å². The summed E-state index contributed by atoms with van der Waals surface area (Å²) in [5.74, 6) is 0.498. The first-order valence-corrected chi connectivity index (χ1v) is 7.75. The van der Waals surface area contributed by atoms with E-state index in [1.807, 2.05) is 25.1 Å². The van der Waals surface area contributed by atoms with Gasteiger partial charge in [0, 0.05) is 12.1 Å². The molecule has 1 aromatic heterocycles. The molecule has 2 N–H and O–H groups in total. The third kappa shape index (κ3) is 5.53. The van der Waals surface area contributed by atoms with Crippen molar-refractivity contribution in [3.8, 4) is 23.8 Å². The normalized spacial score (nSPS) is 10.4. The number of para-hydroxylation sites is 1. The van der Waals surface area contributed by atoms with Gasteiger partial charge in [-0.25, -0.2) is 0 Å². The number of hydrazone groups is 1. The number of hydrogen-bond acceptors (Lipinski definition) is 8. The summed E-state index contributed by atoms with van der Waals surface area (Å²) >= 11 is 5.04. The molecule has 132 valence electrons. The highest BCUT2D eigenvalue weighted by molar-refractivity contribution is 7.80. The lowest BCUT2D eigenvalue weighted by atomic mass is 10.2. The molecule has 0 amide bonds. The molecule has 10 heteroatoms. The molecule has 1 aromatic carbocycles. The number of ether oxygens (including phenoxy) is 3. The van der Waals surface area contributed by atoms with Crippen LogP contribution < -0.4 is 25.0 Å². The van der Waals surface area contributed by atoms with Crippen LogP contribution in [0.3, 0.4) is 0 Å². The van der Waals surface area contributed by atoms with Crippen molar-refractivity contribution in [1.82, 2.24) is 25.7 Å². The van der Waals surface area contributed by atoms with Crippen molar-refractivity contribution in [3.05, 3.63) is 29.8 Å². The van der Waals surface area contributed by atoms with Gasteiger partial charge in [-0.05, 0) is 31.3 Å². The third-order valence-corrected chi connectivity index (χ3v) is 3.00. The second kappa shape index (κ2) is 9.33. The number of aromatic nitrogens is 3. The average molecular weight is 362 g/mol. The maximum atomic E-state index is 5.71. The fourth-order valence-electron chi connectivity index (χ4n) is 1.69. The Bertz CT molecular complexity index is 734. The molecule has 0 unspecified atom stereocenters. The molecule has 0 fully saturated rings. The first-order valence-electron chi connectivity index (χ1n) is 7.34. The van der Waals surface area contributed by atoms with Gasteiger partial charge < -0.3 is 19.5 Å². The molecule has 0 radical (unpaired) electrons. The summed E-state index contributed by atoms with van der Waals surface area (Å²) in [7, 11) is 2.89. The molecule has 0 bridgehead atoms. The molecule has 0 aliphatic carbocycles. The zero-order valence-electron chi connectivity index (χ0n) is 14.0. The fraction of sp³-hybridized carbons (Fsp3) is 0.267. The monoisotopic (exact) mass is 362 g/mol. The van der Waals surface area contributed by atoms with Crippen molar-refractivity contribution in [2.24, 2.45) is 5.10 Å². The maximum Gasteiger partial charge on any atom is 0.331 e. The van der Waals surface area contributed by atoms with E-state index in [1.165, 1.54) is 14.2 Å². The molecular formula is C15H18N6O3S. The van der Waals surface area contributed by atoms with Gasteiger partial charge in [0.05, 0.1) is 20.4 Å². The molecular weight excluding hydrogens is 344 g/mol. The van der Waals surface area contributed by atoms with Gasteiger partial charge in [-0.1, -0.05) is 12.1 Å². The standard InChI is InChI=1S/C15H18N6O3S/c1-4-16-15(25)21-17-9-10-7-5-6-8-11(10)24-14-19-12(22-2)18-13(20-14)23-3/h5-9H,4H2,1-3H3,(H2,16,21,25)/b17-9+. The zero-order valence-corrected chi connectivity index (χ0v) is 14.8. The van der Waals surface area contributed by atoms with Crippen molar-refractivity contribution < 1.29 is 14.2 Å². The van der Waals surface area contributed by atoms with Gasteiger partial charge in [0.15, 0.2) is 5.11 Å². The van der Waals surface area contributed by atoms with Crippen molar-refractivity contribution >= 4 is 23.5 Å². The Morgan fingerprint density at radius 1 is 1.12 bits per heavy atom. The molecule has 2 rings (SSSR count). The van der Waals surface area contributed by atoms with Gasteiger partial charge in [-0.2, -0.15) is 5.10 Å². The third-order valence-electron chi connectivity index (χ3n) is 2.77. The van der Waals surface area contributed by atoms with Crippen molar-refractivity contribution in [3.63, 3.8) is 0 Å².